The van der Waals surface area contributed by atoms with Gasteiger partial charge in [0.2, 0.25) is 12.2 Å². The molecule has 0 aliphatic rings. The number of allylic oxidation sites excluding steroid dienone is 2. The van der Waals surface area contributed by atoms with E-state index in [0.29, 0.717) is 0 Å². The molecule has 0 heterocycles. The second kappa shape index (κ2) is 13.4. The van der Waals surface area contributed by atoms with Gasteiger partial charge in [-0.2, -0.15) is 0 Å². The van der Waals surface area contributed by atoms with E-state index in [9.17, 15) is 0 Å². The van der Waals surface area contributed by atoms with Crippen LogP contribution in [0.25, 0.3) is 11.1 Å². The van der Waals surface area contributed by atoms with Crippen LogP contribution in [0, 0.1) is 10.8 Å². The summed E-state index contributed by atoms with van der Waals surface area (Å²) in [6.45, 7) is 7.70. The Balaban J connectivity index is 0.000000772. The van der Waals surface area contributed by atoms with Gasteiger partial charge >= 0.3 is 0 Å². The van der Waals surface area contributed by atoms with Crippen LogP contribution in [0.2, 0.25) is 0 Å². The van der Waals surface area contributed by atoms with Crippen LogP contribution in [0.5, 0.6) is 0 Å². The van der Waals surface area contributed by atoms with E-state index in [-0.39, 0.29) is 0 Å². The van der Waals surface area contributed by atoms with Gasteiger partial charge in [0.05, 0.1) is 0 Å². The molecule has 0 amide bonds. The maximum Gasteiger partial charge on any atom is 0.231 e. The summed E-state index contributed by atoms with van der Waals surface area (Å²) in [6.07, 6.45) is 7.23. The Morgan fingerprint density at radius 2 is 1.38 bits per heavy atom. The van der Waals surface area contributed by atoms with Crippen LogP contribution in [0.4, 0.5) is 0 Å². The van der Waals surface area contributed by atoms with Crippen LogP contribution in [-0.4, -0.2) is 12.2 Å². The minimum atomic E-state index is 0.750. The molecule has 4 heteroatoms. The summed E-state index contributed by atoms with van der Waals surface area (Å²) in [5.74, 6) is 0. The Morgan fingerprint density at radius 1 is 0.833 bits per heavy atom. The molecule has 0 aromatic heterocycles. The first-order chi connectivity index (χ1) is 11.7. The van der Waals surface area contributed by atoms with Gasteiger partial charge in [-0.15, -0.1) is 13.2 Å². The highest BCUT2D eigenvalue weighted by Gasteiger charge is 2.07. The van der Waals surface area contributed by atoms with Crippen molar-refractivity contribution in [1.29, 1.82) is 10.8 Å². The van der Waals surface area contributed by atoms with Crippen LogP contribution >= 0.6 is 0 Å². The summed E-state index contributed by atoms with van der Waals surface area (Å²) < 4.78 is 0. The fourth-order valence-electron chi connectivity index (χ4n) is 2.25. The number of isocyanates is 2. The van der Waals surface area contributed by atoms with E-state index in [0.717, 1.165) is 25.0 Å². The SMILES string of the molecule is C=CCc1cccc(-c2ccccc2)c1CC=C.N=C=O.N=C=O. The summed E-state index contributed by atoms with van der Waals surface area (Å²) in [4.78, 5) is 16.7. The van der Waals surface area contributed by atoms with Crippen molar-refractivity contribution < 1.29 is 9.59 Å². The Bertz CT molecular complexity index is 698. The van der Waals surface area contributed by atoms with Gasteiger partial charge in [-0.3, -0.25) is 0 Å². The maximum absolute atomic E-state index is 8.35. The molecule has 0 aliphatic carbocycles. The summed E-state index contributed by atoms with van der Waals surface area (Å²) >= 11 is 0. The lowest BCUT2D eigenvalue weighted by Crippen LogP contribution is -1.95. The number of rotatable bonds is 5. The number of nitrogens with one attached hydrogen (secondary N) is 2. The average Bonchev–Trinajstić information content (AvgIpc) is 2.59. The van der Waals surface area contributed by atoms with Crippen molar-refractivity contribution in [3.05, 3.63) is 85.0 Å². The van der Waals surface area contributed by atoms with Gasteiger partial charge in [-0.1, -0.05) is 60.7 Å². The minimum absolute atomic E-state index is 0.750. The van der Waals surface area contributed by atoms with Crippen LogP contribution in [0.3, 0.4) is 0 Å². The zero-order valence-electron chi connectivity index (χ0n) is 13.4. The van der Waals surface area contributed by atoms with Gasteiger partial charge in [0.15, 0.2) is 0 Å². The molecule has 2 rings (SSSR count). The Kier molecular flexibility index (Phi) is 11.5. The normalized spacial score (nSPS) is 8.17. The zero-order valence-corrected chi connectivity index (χ0v) is 13.4. The van der Waals surface area contributed by atoms with E-state index in [2.05, 4.69) is 55.6 Å². The molecule has 2 N–H and O–H groups in total. The first kappa shape index (κ1) is 20.7. The van der Waals surface area contributed by atoms with Crippen LogP contribution < -0.4 is 0 Å². The van der Waals surface area contributed by atoms with Gasteiger partial charge in [0, 0.05) is 0 Å². The molecule has 2 aromatic carbocycles. The predicted octanol–water partition coefficient (Wildman–Crippen LogP) is 4.61. The van der Waals surface area contributed by atoms with E-state index < -0.39 is 0 Å². The second-order valence-corrected chi connectivity index (χ2v) is 4.50. The fraction of sp³-hybridized carbons (Fsp3) is 0.100. The summed E-state index contributed by atoms with van der Waals surface area (Å²) in [6, 6.07) is 17.0. The summed E-state index contributed by atoms with van der Waals surface area (Å²) in [5, 5.41) is 10.8. The van der Waals surface area contributed by atoms with Crippen molar-refractivity contribution in [3.63, 3.8) is 0 Å². The molecule has 4 nitrogen and oxygen atoms in total. The fourth-order valence-corrected chi connectivity index (χ4v) is 2.25. The molecule has 0 saturated carbocycles. The predicted molar refractivity (Wildman–Crippen MR) is 96.5 cm³/mol. The number of hydrogen-bond acceptors (Lipinski definition) is 4. The first-order valence-electron chi connectivity index (χ1n) is 7.15. The molecule has 0 aliphatic heterocycles. The number of benzene rings is 2. The van der Waals surface area contributed by atoms with Crippen molar-refractivity contribution >= 4 is 12.2 Å². The maximum atomic E-state index is 8.35. The van der Waals surface area contributed by atoms with E-state index >= 15 is 0 Å². The monoisotopic (exact) mass is 320 g/mol. The highest BCUT2D eigenvalue weighted by atomic mass is 16.1. The van der Waals surface area contributed by atoms with Gasteiger partial charge in [0.1, 0.15) is 0 Å². The number of carbonyl (C=O) groups excluding carboxylic acids is 2. The molecule has 0 atom stereocenters. The third-order valence-corrected chi connectivity index (χ3v) is 3.07. The lowest BCUT2D eigenvalue weighted by molar-refractivity contribution is 0.562. The van der Waals surface area contributed by atoms with Gasteiger partial charge in [-0.25, -0.2) is 20.4 Å². The third kappa shape index (κ3) is 7.10. The van der Waals surface area contributed by atoms with Crippen molar-refractivity contribution in [2.75, 3.05) is 0 Å². The quantitative estimate of drug-likeness (QED) is 0.479. The molecular weight excluding hydrogens is 300 g/mol. The smallest absolute Gasteiger partial charge is 0.222 e. The van der Waals surface area contributed by atoms with Crippen molar-refractivity contribution in [2.24, 2.45) is 0 Å². The number of hydrogen-bond donors (Lipinski definition) is 2. The largest absolute Gasteiger partial charge is 0.231 e. The Hall–Kier alpha value is -3.32. The minimum Gasteiger partial charge on any atom is -0.222 e. The van der Waals surface area contributed by atoms with Crippen molar-refractivity contribution in [1.82, 2.24) is 0 Å². The van der Waals surface area contributed by atoms with Crippen LogP contribution in [-0.2, 0) is 22.4 Å². The Morgan fingerprint density at radius 3 is 1.88 bits per heavy atom. The van der Waals surface area contributed by atoms with Crippen molar-refractivity contribution in [3.8, 4) is 11.1 Å². The molecule has 0 saturated heterocycles. The molecule has 0 radical (unpaired) electrons. The lowest BCUT2D eigenvalue weighted by Gasteiger charge is -2.13. The highest BCUT2D eigenvalue weighted by Crippen LogP contribution is 2.27. The molecule has 0 unspecified atom stereocenters. The average molecular weight is 320 g/mol. The Labute approximate surface area is 142 Å². The molecule has 0 bridgehead atoms. The zero-order chi connectivity index (χ0) is 18.2. The standard InChI is InChI=1S/C18H18.2CHNO/c1-3-9-15-13-8-14-18(17(15)10-4-2)16-11-6-5-7-12-16;2*2-1-3/h3-8,11-14H,1-2,9-10H2;2*2H. The van der Waals surface area contributed by atoms with Gasteiger partial charge in [-0.05, 0) is 35.1 Å². The van der Waals surface area contributed by atoms with Gasteiger partial charge < -0.3 is 0 Å². The summed E-state index contributed by atoms with van der Waals surface area (Å²) in [5.41, 5.74) is 5.26. The van der Waals surface area contributed by atoms with Crippen LogP contribution in [0.15, 0.2) is 73.8 Å². The highest BCUT2D eigenvalue weighted by molar-refractivity contribution is 5.69. The lowest BCUT2D eigenvalue weighted by atomic mass is 9.92. The molecule has 2 aromatic rings. The molecule has 24 heavy (non-hydrogen) atoms. The molecule has 0 spiro atoms. The van der Waals surface area contributed by atoms with E-state index in [1.807, 2.05) is 18.2 Å². The van der Waals surface area contributed by atoms with E-state index in [4.69, 9.17) is 20.4 Å². The van der Waals surface area contributed by atoms with E-state index in [1.54, 1.807) is 0 Å². The molecule has 122 valence electrons. The van der Waals surface area contributed by atoms with Gasteiger partial charge in [0.25, 0.3) is 0 Å². The molecular formula is C20H20N2O2. The van der Waals surface area contributed by atoms with E-state index in [1.165, 1.54) is 22.3 Å². The summed E-state index contributed by atoms with van der Waals surface area (Å²) in [7, 11) is 0. The van der Waals surface area contributed by atoms with Crippen molar-refractivity contribution in [2.45, 2.75) is 12.8 Å². The van der Waals surface area contributed by atoms with Crippen LogP contribution in [0.1, 0.15) is 11.1 Å². The third-order valence-electron chi connectivity index (χ3n) is 3.07. The second-order valence-electron chi connectivity index (χ2n) is 4.50. The molecule has 0 fully saturated rings. The first-order valence-corrected chi connectivity index (χ1v) is 7.15. The topological polar surface area (TPSA) is 81.8 Å².